The standard InChI is InChI=1S/C6H11Cl2NS/c7-6(8)3-5(6)4-10-2-1-9/h5H,1-4,9H2. The van der Waals surface area contributed by atoms with E-state index in [4.69, 9.17) is 28.9 Å². The minimum Gasteiger partial charge on any atom is -0.330 e. The van der Waals surface area contributed by atoms with E-state index in [1.165, 1.54) is 0 Å². The van der Waals surface area contributed by atoms with Crippen LogP contribution in [0.1, 0.15) is 6.42 Å². The van der Waals surface area contributed by atoms with Crippen LogP contribution in [0.3, 0.4) is 0 Å². The Kier molecular flexibility index (Phi) is 3.17. The monoisotopic (exact) mass is 199 g/mol. The molecule has 0 aromatic rings. The summed E-state index contributed by atoms with van der Waals surface area (Å²) in [5, 5.41) is 0. The highest BCUT2D eigenvalue weighted by molar-refractivity contribution is 7.99. The van der Waals surface area contributed by atoms with Gasteiger partial charge in [0.25, 0.3) is 0 Å². The van der Waals surface area contributed by atoms with Crippen molar-refractivity contribution in [1.29, 1.82) is 0 Å². The van der Waals surface area contributed by atoms with Crippen molar-refractivity contribution >= 4 is 35.0 Å². The van der Waals surface area contributed by atoms with Crippen LogP contribution < -0.4 is 5.73 Å². The third-order valence-corrected chi connectivity index (χ3v) is 3.63. The minimum atomic E-state index is -0.401. The highest BCUT2D eigenvalue weighted by Crippen LogP contribution is 2.54. The summed E-state index contributed by atoms with van der Waals surface area (Å²) in [5.74, 6) is 2.58. The molecule has 1 saturated carbocycles. The Labute approximate surface area is 75.6 Å². The molecule has 1 aliphatic rings. The Morgan fingerprint density at radius 1 is 1.60 bits per heavy atom. The van der Waals surface area contributed by atoms with Gasteiger partial charge in [0, 0.05) is 18.2 Å². The second-order valence-corrected chi connectivity index (χ2v) is 5.22. The van der Waals surface area contributed by atoms with Crippen molar-refractivity contribution in [1.82, 2.24) is 0 Å². The summed E-state index contributed by atoms with van der Waals surface area (Å²) < 4.78 is -0.401. The second-order valence-electron chi connectivity index (χ2n) is 2.53. The lowest BCUT2D eigenvalue weighted by Crippen LogP contribution is -2.03. The lowest BCUT2D eigenvalue weighted by Gasteiger charge is -1.97. The van der Waals surface area contributed by atoms with E-state index in [1.54, 1.807) is 0 Å². The van der Waals surface area contributed by atoms with Gasteiger partial charge in [-0.05, 0) is 12.2 Å². The molecule has 4 heteroatoms. The van der Waals surface area contributed by atoms with Gasteiger partial charge in [0.2, 0.25) is 0 Å². The van der Waals surface area contributed by atoms with Crippen molar-refractivity contribution in [2.45, 2.75) is 10.8 Å². The number of hydrogen-bond acceptors (Lipinski definition) is 2. The third kappa shape index (κ3) is 2.50. The van der Waals surface area contributed by atoms with Crippen molar-refractivity contribution in [3.05, 3.63) is 0 Å². The fourth-order valence-electron chi connectivity index (χ4n) is 0.759. The topological polar surface area (TPSA) is 26.0 Å². The maximum atomic E-state index is 5.81. The van der Waals surface area contributed by atoms with Crippen LogP contribution in [0.25, 0.3) is 0 Å². The van der Waals surface area contributed by atoms with Gasteiger partial charge in [-0.15, -0.1) is 23.2 Å². The number of thioether (sulfide) groups is 1. The van der Waals surface area contributed by atoms with Crippen molar-refractivity contribution in [2.75, 3.05) is 18.1 Å². The predicted molar refractivity (Wildman–Crippen MR) is 48.9 cm³/mol. The molecule has 1 aliphatic carbocycles. The summed E-state index contributed by atoms with van der Waals surface area (Å²) in [6.07, 6.45) is 0.952. The Hall–Kier alpha value is 0.890. The molecule has 0 aromatic carbocycles. The van der Waals surface area contributed by atoms with Crippen molar-refractivity contribution < 1.29 is 0 Å². The molecular weight excluding hydrogens is 189 g/mol. The van der Waals surface area contributed by atoms with E-state index >= 15 is 0 Å². The minimum absolute atomic E-state index is 0.401. The smallest absolute Gasteiger partial charge is 0.122 e. The molecule has 1 unspecified atom stereocenters. The lowest BCUT2D eigenvalue weighted by molar-refractivity contribution is 0.977. The average molecular weight is 200 g/mol. The zero-order valence-corrected chi connectivity index (χ0v) is 7.98. The molecule has 2 N–H and O–H groups in total. The SMILES string of the molecule is NCCSCC1CC1(Cl)Cl. The van der Waals surface area contributed by atoms with E-state index in [0.717, 1.165) is 24.5 Å². The van der Waals surface area contributed by atoms with Crippen molar-refractivity contribution in [3.8, 4) is 0 Å². The van der Waals surface area contributed by atoms with Gasteiger partial charge in [0.15, 0.2) is 0 Å². The number of halogens is 2. The molecule has 0 bridgehead atoms. The van der Waals surface area contributed by atoms with Crippen LogP contribution in [-0.4, -0.2) is 22.4 Å². The van der Waals surface area contributed by atoms with Gasteiger partial charge in [-0.3, -0.25) is 0 Å². The average Bonchev–Trinajstić information content (AvgIpc) is 2.41. The largest absolute Gasteiger partial charge is 0.330 e. The maximum absolute atomic E-state index is 5.81. The molecular formula is C6H11Cl2NS. The van der Waals surface area contributed by atoms with E-state index in [0.29, 0.717) is 5.92 Å². The van der Waals surface area contributed by atoms with Crippen LogP contribution in [0.15, 0.2) is 0 Å². The van der Waals surface area contributed by atoms with Gasteiger partial charge in [-0.1, -0.05) is 0 Å². The summed E-state index contributed by atoms with van der Waals surface area (Å²) >= 11 is 13.4. The van der Waals surface area contributed by atoms with Crippen LogP contribution in [0.2, 0.25) is 0 Å². The molecule has 0 aromatic heterocycles. The molecule has 10 heavy (non-hydrogen) atoms. The number of rotatable bonds is 4. The highest BCUT2D eigenvalue weighted by atomic mass is 35.5. The molecule has 0 heterocycles. The molecule has 1 nitrogen and oxygen atoms in total. The Morgan fingerprint density at radius 2 is 2.20 bits per heavy atom. The van der Waals surface area contributed by atoms with E-state index in [-0.39, 0.29) is 0 Å². The molecule has 0 amide bonds. The first-order valence-electron chi connectivity index (χ1n) is 3.32. The first-order chi connectivity index (χ1) is 4.67. The van der Waals surface area contributed by atoms with Crippen LogP contribution in [0, 0.1) is 5.92 Å². The molecule has 1 atom stereocenters. The fraction of sp³-hybridized carbons (Fsp3) is 1.00. The second kappa shape index (κ2) is 3.53. The van der Waals surface area contributed by atoms with Gasteiger partial charge < -0.3 is 5.73 Å². The molecule has 0 radical (unpaired) electrons. The summed E-state index contributed by atoms with van der Waals surface area (Å²) in [7, 11) is 0. The van der Waals surface area contributed by atoms with Crippen LogP contribution >= 0.6 is 35.0 Å². The molecule has 0 saturated heterocycles. The Morgan fingerprint density at radius 3 is 2.60 bits per heavy atom. The summed E-state index contributed by atoms with van der Waals surface area (Å²) in [4.78, 5) is 0. The number of hydrogen-bond donors (Lipinski definition) is 1. The zero-order chi connectivity index (χ0) is 7.61. The first-order valence-corrected chi connectivity index (χ1v) is 5.23. The normalized spacial score (nSPS) is 28.5. The summed E-state index contributed by atoms with van der Waals surface area (Å²) in [6, 6.07) is 0. The fourth-order valence-corrected chi connectivity index (χ4v) is 2.49. The zero-order valence-electron chi connectivity index (χ0n) is 5.65. The van der Waals surface area contributed by atoms with Crippen molar-refractivity contribution in [2.24, 2.45) is 11.7 Å². The van der Waals surface area contributed by atoms with Crippen LogP contribution in [-0.2, 0) is 0 Å². The van der Waals surface area contributed by atoms with Gasteiger partial charge in [0.05, 0.1) is 0 Å². The summed E-state index contributed by atoms with van der Waals surface area (Å²) in [5.41, 5.74) is 5.32. The molecule has 60 valence electrons. The quantitative estimate of drug-likeness (QED) is 0.553. The van der Waals surface area contributed by atoms with Gasteiger partial charge in [-0.2, -0.15) is 11.8 Å². The maximum Gasteiger partial charge on any atom is 0.122 e. The Bertz CT molecular complexity index is 118. The van der Waals surface area contributed by atoms with E-state index < -0.39 is 4.33 Å². The van der Waals surface area contributed by atoms with Gasteiger partial charge in [-0.25, -0.2) is 0 Å². The van der Waals surface area contributed by atoms with Gasteiger partial charge in [0.1, 0.15) is 4.33 Å². The molecule has 0 aliphatic heterocycles. The van der Waals surface area contributed by atoms with Crippen LogP contribution in [0.4, 0.5) is 0 Å². The molecule has 1 fully saturated rings. The lowest BCUT2D eigenvalue weighted by atomic mass is 10.5. The van der Waals surface area contributed by atoms with E-state index in [9.17, 15) is 0 Å². The van der Waals surface area contributed by atoms with E-state index in [2.05, 4.69) is 0 Å². The number of nitrogens with two attached hydrogens (primary N) is 1. The van der Waals surface area contributed by atoms with Gasteiger partial charge >= 0.3 is 0 Å². The number of alkyl halides is 2. The predicted octanol–water partition coefficient (Wildman–Crippen LogP) is 1.87. The van der Waals surface area contributed by atoms with Crippen LogP contribution in [0.5, 0.6) is 0 Å². The van der Waals surface area contributed by atoms with E-state index in [1.807, 2.05) is 11.8 Å². The highest BCUT2D eigenvalue weighted by Gasteiger charge is 2.50. The van der Waals surface area contributed by atoms with Crippen molar-refractivity contribution in [3.63, 3.8) is 0 Å². The third-order valence-electron chi connectivity index (χ3n) is 1.54. The first kappa shape index (κ1) is 8.98. The molecule has 0 spiro atoms. The molecule has 1 rings (SSSR count). The summed E-state index contributed by atoms with van der Waals surface area (Å²) in [6.45, 7) is 0.745. The Balaban J connectivity index is 1.97.